The molecular weight excluding hydrogens is 302 g/mol. The van der Waals surface area contributed by atoms with Crippen molar-refractivity contribution in [1.29, 1.82) is 0 Å². The monoisotopic (exact) mass is 312 g/mol. The zero-order chi connectivity index (χ0) is 14.7. The van der Waals surface area contributed by atoms with Crippen LogP contribution in [0.3, 0.4) is 0 Å². The molecule has 0 atom stereocenters. The van der Waals surface area contributed by atoms with Crippen molar-refractivity contribution in [1.82, 2.24) is 5.32 Å². The van der Waals surface area contributed by atoms with Crippen molar-refractivity contribution in [2.45, 2.75) is 6.54 Å². The maximum absolute atomic E-state index is 13.0. The first-order chi connectivity index (χ1) is 9.47. The fourth-order valence-electron chi connectivity index (χ4n) is 1.65. The first-order valence-corrected chi connectivity index (χ1v) is 6.50. The normalized spacial score (nSPS) is 10.3. The van der Waals surface area contributed by atoms with E-state index >= 15 is 0 Å². The minimum atomic E-state index is -0.363. The van der Waals surface area contributed by atoms with E-state index in [0.717, 1.165) is 0 Å². The highest BCUT2D eigenvalue weighted by molar-refractivity contribution is 6.39. The largest absolute Gasteiger partial charge is 0.396 e. The van der Waals surface area contributed by atoms with Crippen molar-refractivity contribution in [3.8, 4) is 0 Å². The standard InChI is InChI=1S/C14H11Cl2FN2O/c15-11-5-9(6-12(16)13(11)18)14(20)19-7-8-2-1-3-10(17)4-8/h1-6H,7,18H2,(H,19,20). The summed E-state index contributed by atoms with van der Waals surface area (Å²) in [4.78, 5) is 12.0. The Morgan fingerprint density at radius 3 is 2.45 bits per heavy atom. The average molecular weight is 313 g/mol. The molecule has 20 heavy (non-hydrogen) atoms. The molecule has 2 aromatic rings. The van der Waals surface area contributed by atoms with Crippen molar-refractivity contribution in [2.75, 3.05) is 5.73 Å². The summed E-state index contributed by atoms with van der Waals surface area (Å²) in [7, 11) is 0. The van der Waals surface area contributed by atoms with E-state index in [1.54, 1.807) is 12.1 Å². The van der Waals surface area contributed by atoms with Gasteiger partial charge in [-0.3, -0.25) is 4.79 Å². The molecule has 1 amide bonds. The third-order valence-corrected chi connectivity index (χ3v) is 3.31. The van der Waals surface area contributed by atoms with E-state index in [9.17, 15) is 9.18 Å². The molecule has 2 rings (SSSR count). The predicted molar refractivity (Wildman–Crippen MR) is 78.4 cm³/mol. The van der Waals surface area contributed by atoms with E-state index in [0.29, 0.717) is 11.1 Å². The van der Waals surface area contributed by atoms with Crippen LogP contribution in [0.2, 0.25) is 10.0 Å². The van der Waals surface area contributed by atoms with Gasteiger partial charge in [-0.15, -0.1) is 0 Å². The van der Waals surface area contributed by atoms with Crippen LogP contribution < -0.4 is 11.1 Å². The molecule has 104 valence electrons. The molecule has 6 heteroatoms. The van der Waals surface area contributed by atoms with Crippen LogP contribution in [-0.4, -0.2) is 5.91 Å². The highest BCUT2D eigenvalue weighted by Gasteiger charge is 2.11. The first kappa shape index (κ1) is 14.6. The summed E-state index contributed by atoms with van der Waals surface area (Å²) < 4.78 is 13.0. The van der Waals surface area contributed by atoms with Crippen LogP contribution in [0, 0.1) is 5.82 Å². The summed E-state index contributed by atoms with van der Waals surface area (Å²) in [6.07, 6.45) is 0. The summed E-state index contributed by atoms with van der Waals surface area (Å²) in [5.41, 5.74) is 6.78. The van der Waals surface area contributed by atoms with Gasteiger partial charge in [0, 0.05) is 12.1 Å². The van der Waals surface area contributed by atoms with Gasteiger partial charge in [-0.05, 0) is 29.8 Å². The molecular formula is C14H11Cl2FN2O. The van der Waals surface area contributed by atoms with Gasteiger partial charge in [0.25, 0.3) is 5.91 Å². The SMILES string of the molecule is Nc1c(Cl)cc(C(=O)NCc2cccc(F)c2)cc1Cl. The lowest BCUT2D eigenvalue weighted by atomic mass is 10.1. The van der Waals surface area contributed by atoms with Gasteiger partial charge in [-0.2, -0.15) is 0 Å². The molecule has 0 aliphatic heterocycles. The lowest BCUT2D eigenvalue weighted by molar-refractivity contribution is 0.0951. The molecule has 3 N–H and O–H groups in total. The van der Waals surface area contributed by atoms with E-state index in [-0.39, 0.29) is 34.0 Å². The summed E-state index contributed by atoms with van der Waals surface area (Å²) in [6, 6.07) is 8.85. The maximum atomic E-state index is 13.0. The Hall–Kier alpha value is -1.78. The van der Waals surface area contributed by atoms with Crippen LogP contribution in [-0.2, 0) is 6.54 Å². The number of carbonyl (C=O) groups is 1. The molecule has 0 heterocycles. The number of nitrogen functional groups attached to an aromatic ring is 1. The Morgan fingerprint density at radius 1 is 1.20 bits per heavy atom. The van der Waals surface area contributed by atoms with Gasteiger partial charge in [0.15, 0.2) is 0 Å². The van der Waals surface area contributed by atoms with Gasteiger partial charge in [0.1, 0.15) is 5.82 Å². The summed E-state index contributed by atoms with van der Waals surface area (Å²) in [5.74, 6) is -0.714. The molecule has 0 spiro atoms. The molecule has 0 radical (unpaired) electrons. The van der Waals surface area contributed by atoms with E-state index in [1.165, 1.54) is 24.3 Å². The minimum Gasteiger partial charge on any atom is -0.396 e. The van der Waals surface area contributed by atoms with Gasteiger partial charge < -0.3 is 11.1 Å². The van der Waals surface area contributed by atoms with E-state index in [2.05, 4.69) is 5.32 Å². The lowest BCUT2D eigenvalue weighted by Crippen LogP contribution is -2.22. The number of carbonyl (C=O) groups excluding carboxylic acids is 1. The fourth-order valence-corrected chi connectivity index (χ4v) is 2.13. The highest BCUT2D eigenvalue weighted by Crippen LogP contribution is 2.28. The van der Waals surface area contributed by atoms with Gasteiger partial charge in [0.2, 0.25) is 0 Å². The van der Waals surface area contributed by atoms with Crippen LogP contribution >= 0.6 is 23.2 Å². The van der Waals surface area contributed by atoms with E-state index < -0.39 is 0 Å². The number of halogens is 3. The minimum absolute atomic E-state index is 0.205. The molecule has 2 aromatic carbocycles. The Kier molecular flexibility index (Phi) is 4.47. The number of hydrogen-bond donors (Lipinski definition) is 2. The second kappa shape index (κ2) is 6.11. The molecule has 0 saturated carbocycles. The number of rotatable bonds is 3. The zero-order valence-corrected chi connectivity index (χ0v) is 11.8. The third kappa shape index (κ3) is 3.40. The fraction of sp³-hybridized carbons (Fsp3) is 0.0714. The van der Waals surface area contributed by atoms with Crippen molar-refractivity contribution < 1.29 is 9.18 Å². The zero-order valence-electron chi connectivity index (χ0n) is 10.3. The average Bonchev–Trinajstić information content (AvgIpc) is 2.41. The molecule has 0 aromatic heterocycles. The van der Waals surface area contributed by atoms with E-state index in [4.69, 9.17) is 28.9 Å². The van der Waals surface area contributed by atoms with Crippen molar-refractivity contribution >= 4 is 34.8 Å². The summed E-state index contributed by atoms with van der Waals surface area (Å²) >= 11 is 11.7. The summed E-state index contributed by atoms with van der Waals surface area (Å²) in [6.45, 7) is 0.205. The highest BCUT2D eigenvalue weighted by atomic mass is 35.5. The van der Waals surface area contributed by atoms with Crippen LogP contribution in [0.4, 0.5) is 10.1 Å². The number of benzene rings is 2. The quantitative estimate of drug-likeness (QED) is 0.850. The van der Waals surface area contributed by atoms with Gasteiger partial charge in [0.05, 0.1) is 15.7 Å². The lowest BCUT2D eigenvalue weighted by Gasteiger charge is -2.08. The second-order valence-electron chi connectivity index (χ2n) is 4.17. The number of anilines is 1. The number of nitrogens with one attached hydrogen (secondary N) is 1. The van der Waals surface area contributed by atoms with Crippen molar-refractivity contribution in [3.05, 3.63) is 63.4 Å². The van der Waals surface area contributed by atoms with Gasteiger partial charge in [-0.1, -0.05) is 35.3 Å². The van der Waals surface area contributed by atoms with Crippen molar-refractivity contribution in [3.63, 3.8) is 0 Å². The summed E-state index contributed by atoms with van der Waals surface area (Å²) in [5, 5.41) is 3.08. The second-order valence-corrected chi connectivity index (χ2v) is 4.98. The Balaban J connectivity index is 2.09. The molecule has 0 aliphatic rings. The maximum Gasteiger partial charge on any atom is 0.251 e. The Labute approximate surface area is 125 Å². The molecule has 0 saturated heterocycles. The van der Waals surface area contributed by atoms with Crippen LogP contribution in [0.1, 0.15) is 15.9 Å². The van der Waals surface area contributed by atoms with Crippen molar-refractivity contribution in [2.24, 2.45) is 0 Å². The number of nitrogens with two attached hydrogens (primary N) is 1. The number of amides is 1. The van der Waals surface area contributed by atoms with Crippen LogP contribution in [0.15, 0.2) is 36.4 Å². The third-order valence-electron chi connectivity index (χ3n) is 2.68. The molecule has 0 fully saturated rings. The molecule has 3 nitrogen and oxygen atoms in total. The van der Waals surface area contributed by atoms with Gasteiger partial charge in [-0.25, -0.2) is 4.39 Å². The Bertz CT molecular complexity index is 638. The molecule has 0 unspecified atom stereocenters. The van der Waals surface area contributed by atoms with Gasteiger partial charge >= 0.3 is 0 Å². The smallest absolute Gasteiger partial charge is 0.251 e. The van der Waals surface area contributed by atoms with Crippen LogP contribution in [0.25, 0.3) is 0 Å². The topological polar surface area (TPSA) is 55.1 Å². The van der Waals surface area contributed by atoms with Crippen LogP contribution in [0.5, 0.6) is 0 Å². The predicted octanol–water partition coefficient (Wildman–Crippen LogP) is 3.64. The Morgan fingerprint density at radius 2 is 1.85 bits per heavy atom. The molecule has 0 bridgehead atoms. The first-order valence-electron chi connectivity index (χ1n) is 5.74. The number of hydrogen-bond acceptors (Lipinski definition) is 2. The van der Waals surface area contributed by atoms with E-state index in [1.807, 2.05) is 0 Å². The molecule has 0 aliphatic carbocycles.